The van der Waals surface area contributed by atoms with Crippen molar-refractivity contribution in [3.8, 4) is 0 Å². The van der Waals surface area contributed by atoms with E-state index in [0.29, 0.717) is 23.3 Å². The van der Waals surface area contributed by atoms with Gasteiger partial charge in [0.2, 0.25) is 5.76 Å². The van der Waals surface area contributed by atoms with Gasteiger partial charge in [0.1, 0.15) is 0 Å². The Kier molecular flexibility index (Phi) is 3.92. The Labute approximate surface area is 140 Å². The van der Waals surface area contributed by atoms with Crippen LogP contribution in [0.25, 0.3) is 0 Å². The van der Waals surface area contributed by atoms with Gasteiger partial charge in [-0.25, -0.2) is 4.98 Å². The smallest absolute Gasteiger partial charge is 0.289 e. The second kappa shape index (κ2) is 6.22. The molecule has 2 aliphatic rings. The Morgan fingerprint density at radius 3 is 3.00 bits per heavy atom. The summed E-state index contributed by atoms with van der Waals surface area (Å²) < 4.78 is 5.69. The molecular weight excluding hydrogens is 306 g/mol. The molecule has 1 aliphatic carbocycles. The molecule has 2 fully saturated rings. The number of hydrogen-bond donors (Lipinski definition) is 1. The van der Waals surface area contributed by atoms with E-state index < -0.39 is 0 Å². The molecule has 3 heterocycles. The molecule has 7 nitrogen and oxygen atoms in total. The van der Waals surface area contributed by atoms with Gasteiger partial charge in [-0.1, -0.05) is 0 Å². The predicted molar refractivity (Wildman–Crippen MR) is 87.9 cm³/mol. The van der Waals surface area contributed by atoms with E-state index >= 15 is 0 Å². The Hall–Kier alpha value is -2.44. The van der Waals surface area contributed by atoms with Crippen molar-refractivity contribution < 1.29 is 9.21 Å². The SMILES string of the molecule is Cc1nc(C2CC2)oc1C(=O)N[C@H]1CCCN(c2cccnn2)C1. The number of aryl methyl sites for hydroxylation is 1. The lowest BCUT2D eigenvalue weighted by atomic mass is 10.1. The molecule has 1 N–H and O–H groups in total. The largest absolute Gasteiger partial charge is 0.435 e. The lowest BCUT2D eigenvalue weighted by molar-refractivity contribution is 0.0902. The number of carbonyl (C=O) groups excluding carboxylic acids is 1. The quantitative estimate of drug-likeness (QED) is 0.925. The van der Waals surface area contributed by atoms with Crippen molar-refractivity contribution in [2.75, 3.05) is 18.0 Å². The van der Waals surface area contributed by atoms with Crippen LogP contribution in [0.5, 0.6) is 0 Å². The van der Waals surface area contributed by atoms with Gasteiger partial charge in [-0.2, -0.15) is 5.10 Å². The lowest BCUT2D eigenvalue weighted by Gasteiger charge is -2.33. The van der Waals surface area contributed by atoms with Crippen molar-refractivity contribution in [2.45, 2.75) is 44.6 Å². The summed E-state index contributed by atoms with van der Waals surface area (Å²) >= 11 is 0. The van der Waals surface area contributed by atoms with Gasteiger partial charge in [-0.3, -0.25) is 4.79 Å². The van der Waals surface area contributed by atoms with E-state index in [9.17, 15) is 4.79 Å². The van der Waals surface area contributed by atoms with Gasteiger partial charge in [-0.15, -0.1) is 5.10 Å². The summed E-state index contributed by atoms with van der Waals surface area (Å²) in [6.07, 6.45) is 5.83. The highest BCUT2D eigenvalue weighted by molar-refractivity contribution is 5.92. The average molecular weight is 327 g/mol. The number of carbonyl (C=O) groups is 1. The van der Waals surface area contributed by atoms with E-state index in [1.54, 1.807) is 6.20 Å². The van der Waals surface area contributed by atoms with Gasteiger partial charge in [0.25, 0.3) is 5.91 Å². The van der Waals surface area contributed by atoms with E-state index in [-0.39, 0.29) is 11.9 Å². The summed E-state index contributed by atoms with van der Waals surface area (Å²) in [4.78, 5) is 19.1. The van der Waals surface area contributed by atoms with Crippen LogP contribution in [-0.2, 0) is 0 Å². The number of hydrogen-bond acceptors (Lipinski definition) is 6. The first kappa shape index (κ1) is 15.1. The minimum Gasteiger partial charge on any atom is -0.435 e. The van der Waals surface area contributed by atoms with Gasteiger partial charge < -0.3 is 14.6 Å². The Balaban J connectivity index is 1.42. The first-order valence-corrected chi connectivity index (χ1v) is 8.51. The van der Waals surface area contributed by atoms with Gasteiger partial charge in [0.15, 0.2) is 11.7 Å². The summed E-state index contributed by atoms with van der Waals surface area (Å²) in [7, 11) is 0. The van der Waals surface area contributed by atoms with Crippen LogP contribution in [0.15, 0.2) is 22.7 Å². The van der Waals surface area contributed by atoms with Crippen molar-refractivity contribution in [1.82, 2.24) is 20.5 Å². The molecule has 126 valence electrons. The van der Waals surface area contributed by atoms with Crippen LogP contribution >= 0.6 is 0 Å². The van der Waals surface area contributed by atoms with E-state index in [4.69, 9.17) is 4.42 Å². The highest BCUT2D eigenvalue weighted by Crippen LogP contribution is 2.40. The van der Waals surface area contributed by atoms with Crippen molar-refractivity contribution in [1.29, 1.82) is 0 Å². The molecule has 0 bridgehead atoms. The summed E-state index contributed by atoms with van der Waals surface area (Å²) in [5, 5.41) is 11.2. The van der Waals surface area contributed by atoms with Crippen LogP contribution in [0.1, 0.15) is 53.7 Å². The molecule has 2 aromatic heterocycles. The minimum absolute atomic E-state index is 0.0714. The van der Waals surface area contributed by atoms with Gasteiger partial charge in [0, 0.05) is 31.2 Å². The zero-order chi connectivity index (χ0) is 16.5. The Bertz CT molecular complexity index is 726. The first-order chi connectivity index (χ1) is 11.7. The lowest BCUT2D eigenvalue weighted by Crippen LogP contribution is -2.48. The molecule has 1 atom stereocenters. The second-order valence-corrected chi connectivity index (χ2v) is 6.58. The molecule has 1 amide bonds. The molecule has 7 heteroatoms. The van der Waals surface area contributed by atoms with Gasteiger partial charge in [-0.05, 0) is 44.7 Å². The number of nitrogens with zero attached hydrogens (tertiary/aromatic N) is 4. The second-order valence-electron chi connectivity index (χ2n) is 6.58. The van der Waals surface area contributed by atoms with Crippen LogP contribution in [0.4, 0.5) is 5.82 Å². The molecule has 0 unspecified atom stereocenters. The molecule has 1 saturated carbocycles. The standard InChI is InChI=1S/C17H21N5O2/c1-11-15(24-17(19-11)12-6-7-12)16(23)20-13-4-3-9-22(10-13)14-5-2-8-18-21-14/h2,5,8,12-13H,3-4,6-7,9-10H2,1H3,(H,20,23)/t13-/m0/s1. The minimum atomic E-state index is -0.169. The number of oxazole rings is 1. The molecule has 4 rings (SSSR count). The van der Waals surface area contributed by atoms with E-state index in [2.05, 4.69) is 25.4 Å². The van der Waals surface area contributed by atoms with Crippen LogP contribution < -0.4 is 10.2 Å². The third-order valence-corrected chi connectivity index (χ3v) is 4.58. The van der Waals surface area contributed by atoms with Crippen LogP contribution in [0.2, 0.25) is 0 Å². The van der Waals surface area contributed by atoms with Crippen molar-refractivity contribution in [3.63, 3.8) is 0 Å². The van der Waals surface area contributed by atoms with Crippen LogP contribution in [0.3, 0.4) is 0 Å². The summed E-state index contributed by atoms with van der Waals surface area (Å²) in [5.74, 6) is 2.16. The molecule has 2 aromatic rings. The maximum absolute atomic E-state index is 12.5. The fraction of sp³-hybridized carbons (Fsp3) is 0.529. The summed E-state index contributed by atoms with van der Waals surface area (Å²) in [6, 6.07) is 3.89. The van der Waals surface area contributed by atoms with Crippen molar-refractivity contribution in [3.05, 3.63) is 35.7 Å². The molecular formula is C17H21N5O2. The normalized spacial score (nSPS) is 20.9. The predicted octanol–water partition coefficient (Wildman–Crippen LogP) is 2.05. The van der Waals surface area contributed by atoms with E-state index in [1.807, 2.05) is 19.1 Å². The molecule has 0 radical (unpaired) electrons. The monoisotopic (exact) mass is 327 g/mol. The van der Waals surface area contributed by atoms with Gasteiger partial charge >= 0.3 is 0 Å². The number of anilines is 1. The Morgan fingerprint density at radius 2 is 2.25 bits per heavy atom. The first-order valence-electron chi connectivity index (χ1n) is 8.51. The van der Waals surface area contributed by atoms with Crippen molar-refractivity contribution in [2.24, 2.45) is 0 Å². The van der Waals surface area contributed by atoms with Crippen molar-refractivity contribution >= 4 is 11.7 Å². The fourth-order valence-corrected chi connectivity index (χ4v) is 3.15. The zero-order valence-electron chi connectivity index (χ0n) is 13.7. The van der Waals surface area contributed by atoms with E-state index in [0.717, 1.165) is 44.6 Å². The zero-order valence-corrected chi connectivity index (χ0v) is 13.7. The number of rotatable bonds is 4. The number of piperidine rings is 1. The third-order valence-electron chi connectivity index (χ3n) is 4.58. The van der Waals surface area contributed by atoms with Crippen LogP contribution in [0, 0.1) is 6.92 Å². The molecule has 24 heavy (non-hydrogen) atoms. The van der Waals surface area contributed by atoms with E-state index in [1.165, 1.54) is 0 Å². The highest BCUT2D eigenvalue weighted by Gasteiger charge is 2.31. The molecule has 1 aliphatic heterocycles. The topological polar surface area (TPSA) is 84.2 Å². The molecule has 0 spiro atoms. The molecule has 0 aromatic carbocycles. The fourth-order valence-electron chi connectivity index (χ4n) is 3.15. The summed E-state index contributed by atoms with van der Waals surface area (Å²) in [6.45, 7) is 3.49. The number of amides is 1. The Morgan fingerprint density at radius 1 is 1.38 bits per heavy atom. The number of aromatic nitrogens is 3. The maximum atomic E-state index is 12.5. The summed E-state index contributed by atoms with van der Waals surface area (Å²) in [5.41, 5.74) is 0.677. The maximum Gasteiger partial charge on any atom is 0.289 e. The highest BCUT2D eigenvalue weighted by atomic mass is 16.4. The molecule has 1 saturated heterocycles. The number of nitrogens with one attached hydrogen (secondary N) is 1. The average Bonchev–Trinajstić information content (AvgIpc) is 3.38. The van der Waals surface area contributed by atoms with Gasteiger partial charge in [0.05, 0.1) is 5.69 Å². The third kappa shape index (κ3) is 3.11. The van der Waals surface area contributed by atoms with Crippen LogP contribution in [-0.4, -0.2) is 40.2 Å².